The summed E-state index contributed by atoms with van der Waals surface area (Å²) in [6.45, 7) is 0. The van der Waals surface area contributed by atoms with E-state index in [0.717, 1.165) is 12.1 Å². The number of anilines is 3. The summed E-state index contributed by atoms with van der Waals surface area (Å²) >= 11 is 1.87. The van der Waals surface area contributed by atoms with E-state index in [4.69, 9.17) is 0 Å². The fourth-order valence-corrected chi connectivity index (χ4v) is 7.58. The van der Waals surface area contributed by atoms with Crippen LogP contribution < -0.4 is 4.90 Å². The van der Waals surface area contributed by atoms with E-state index in [9.17, 15) is 0 Å². The second-order valence-corrected chi connectivity index (χ2v) is 12.0. The van der Waals surface area contributed by atoms with E-state index >= 15 is 0 Å². The highest BCUT2D eigenvalue weighted by Gasteiger charge is 2.23. The second-order valence-electron chi connectivity index (χ2n) is 10.9. The molecule has 0 saturated heterocycles. The molecule has 1 nitrogen and oxygen atoms in total. The normalized spacial score (nSPS) is 14.6. The largest absolute Gasteiger partial charge is 0.310 e. The van der Waals surface area contributed by atoms with Crippen LogP contribution in [0.15, 0.2) is 158 Å². The van der Waals surface area contributed by atoms with Crippen LogP contribution in [-0.4, -0.2) is 0 Å². The van der Waals surface area contributed by atoms with Gasteiger partial charge in [0.25, 0.3) is 0 Å². The quantitative estimate of drug-likeness (QED) is 0.204. The van der Waals surface area contributed by atoms with E-state index in [1.807, 2.05) is 11.3 Å². The number of nitrogens with zero attached hydrogens (tertiary/aromatic N) is 1. The highest BCUT2D eigenvalue weighted by molar-refractivity contribution is 7.26. The summed E-state index contributed by atoms with van der Waals surface area (Å²) in [6.07, 6.45) is 9.96. The third-order valence-corrected chi connectivity index (χ3v) is 9.52. The Kier molecular flexibility index (Phi) is 6.20. The fraction of sp³-hybridized carbons (Fsp3) is 0.0500. The molecule has 0 radical (unpaired) electrons. The molecule has 1 heterocycles. The molecule has 6 aromatic carbocycles. The number of para-hydroxylation sites is 1. The predicted octanol–water partition coefficient (Wildman–Crippen LogP) is 11.9. The molecule has 200 valence electrons. The maximum Gasteiger partial charge on any atom is 0.0554 e. The zero-order chi connectivity index (χ0) is 27.9. The van der Waals surface area contributed by atoms with Crippen LogP contribution in [0.2, 0.25) is 0 Å². The zero-order valence-corrected chi connectivity index (χ0v) is 24.0. The molecule has 0 amide bonds. The highest BCUT2D eigenvalue weighted by Crippen LogP contribution is 2.47. The molecule has 8 rings (SSSR count). The van der Waals surface area contributed by atoms with Gasteiger partial charge < -0.3 is 4.90 Å². The topological polar surface area (TPSA) is 3.24 Å². The summed E-state index contributed by atoms with van der Waals surface area (Å²) in [4.78, 5) is 2.50. The van der Waals surface area contributed by atoms with E-state index in [-0.39, 0.29) is 0 Å². The zero-order valence-electron chi connectivity index (χ0n) is 23.2. The first-order valence-electron chi connectivity index (χ1n) is 14.6. The maximum absolute atomic E-state index is 2.50. The van der Waals surface area contributed by atoms with Crippen molar-refractivity contribution in [3.05, 3.63) is 163 Å². The van der Waals surface area contributed by atoms with Crippen molar-refractivity contribution in [1.82, 2.24) is 0 Å². The van der Waals surface area contributed by atoms with Gasteiger partial charge in [-0.05, 0) is 70.3 Å². The van der Waals surface area contributed by atoms with E-state index in [1.54, 1.807) is 0 Å². The standard InChI is InChI=1S/C40H29NS/c1-2-13-29(14-3-1)34-20-6-8-23-36(34)41(37-24-12-26-39-40(37)35-21-7-9-25-38(35)42-39)31-18-10-17-30(27-31)33-22-11-16-28-15-4-5-19-32(28)33/h1-13,15-27,29H,14H2. The first-order chi connectivity index (χ1) is 20.8. The number of rotatable bonds is 5. The van der Waals surface area contributed by atoms with Crippen LogP contribution in [0.5, 0.6) is 0 Å². The molecule has 2 heteroatoms. The van der Waals surface area contributed by atoms with Crippen molar-refractivity contribution in [1.29, 1.82) is 0 Å². The van der Waals surface area contributed by atoms with Gasteiger partial charge in [-0.15, -0.1) is 11.3 Å². The van der Waals surface area contributed by atoms with Gasteiger partial charge in [0.15, 0.2) is 0 Å². The van der Waals surface area contributed by atoms with Gasteiger partial charge in [-0.2, -0.15) is 0 Å². The SMILES string of the molecule is C1=CCC(c2ccccc2N(c2cccc(-c3cccc4ccccc34)c2)c2cccc3sc4ccccc4c23)C=C1. The Hall–Kier alpha value is -4.92. The molecule has 1 atom stereocenters. The Morgan fingerprint density at radius 3 is 2.26 bits per heavy atom. The van der Waals surface area contributed by atoms with E-state index in [1.165, 1.54) is 59.0 Å². The first-order valence-corrected chi connectivity index (χ1v) is 15.4. The van der Waals surface area contributed by atoms with Crippen molar-refractivity contribution in [2.45, 2.75) is 12.3 Å². The van der Waals surface area contributed by atoms with Crippen LogP contribution in [-0.2, 0) is 0 Å². The number of allylic oxidation sites excluding steroid dienone is 4. The van der Waals surface area contributed by atoms with Gasteiger partial charge in [-0.25, -0.2) is 0 Å². The summed E-state index contributed by atoms with van der Waals surface area (Å²) in [5, 5.41) is 5.15. The molecule has 1 aliphatic rings. The number of fused-ring (bicyclic) bond motifs is 4. The van der Waals surface area contributed by atoms with Crippen molar-refractivity contribution in [3.8, 4) is 11.1 Å². The molecule has 1 aromatic heterocycles. The molecule has 42 heavy (non-hydrogen) atoms. The Bertz CT molecular complexity index is 2140. The molecule has 1 aliphatic carbocycles. The lowest BCUT2D eigenvalue weighted by Gasteiger charge is -2.31. The number of hydrogen-bond acceptors (Lipinski definition) is 2. The van der Waals surface area contributed by atoms with Crippen molar-refractivity contribution in [2.24, 2.45) is 0 Å². The second kappa shape index (κ2) is 10.5. The summed E-state index contributed by atoms with van der Waals surface area (Å²) in [5.74, 6) is 0.327. The lowest BCUT2D eigenvalue weighted by Crippen LogP contribution is -2.14. The molecule has 0 aliphatic heterocycles. The van der Waals surface area contributed by atoms with Crippen molar-refractivity contribution in [3.63, 3.8) is 0 Å². The Labute approximate surface area is 250 Å². The van der Waals surface area contributed by atoms with Crippen molar-refractivity contribution in [2.75, 3.05) is 4.90 Å². The third-order valence-electron chi connectivity index (χ3n) is 8.38. The lowest BCUT2D eigenvalue weighted by atomic mass is 9.90. The number of thiophene rings is 1. The summed E-state index contributed by atoms with van der Waals surface area (Å²) in [7, 11) is 0. The van der Waals surface area contributed by atoms with Crippen LogP contribution in [0.4, 0.5) is 17.1 Å². The minimum absolute atomic E-state index is 0.327. The van der Waals surface area contributed by atoms with Crippen LogP contribution in [0.3, 0.4) is 0 Å². The number of benzene rings is 6. The first kappa shape index (κ1) is 24.8. The van der Waals surface area contributed by atoms with Gasteiger partial charge in [-0.3, -0.25) is 0 Å². The van der Waals surface area contributed by atoms with E-state index in [0.29, 0.717) is 5.92 Å². The molecule has 7 aromatic rings. The van der Waals surface area contributed by atoms with Crippen molar-refractivity contribution >= 4 is 59.3 Å². The molecule has 0 saturated carbocycles. The summed E-state index contributed by atoms with van der Waals surface area (Å²) in [6, 6.07) is 48.8. The molecule has 1 unspecified atom stereocenters. The minimum Gasteiger partial charge on any atom is -0.310 e. The van der Waals surface area contributed by atoms with Crippen LogP contribution in [0.25, 0.3) is 42.1 Å². The Morgan fingerprint density at radius 1 is 0.595 bits per heavy atom. The fourth-order valence-electron chi connectivity index (χ4n) is 6.46. The average Bonchev–Trinajstić information content (AvgIpc) is 3.45. The molecule has 0 N–H and O–H groups in total. The minimum atomic E-state index is 0.327. The highest BCUT2D eigenvalue weighted by atomic mass is 32.1. The van der Waals surface area contributed by atoms with Gasteiger partial charge in [0.2, 0.25) is 0 Å². The van der Waals surface area contributed by atoms with Crippen LogP contribution in [0.1, 0.15) is 17.9 Å². The van der Waals surface area contributed by atoms with Gasteiger partial charge in [-0.1, -0.05) is 121 Å². The lowest BCUT2D eigenvalue weighted by molar-refractivity contribution is 0.852. The molecular weight excluding hydrogens is 527 g/mol. The summed E-state index contributed by atoms with van der Waals surface area (Å²) in [5.41, 5.74) is 7.40. The average molecular weight is 556 g/mol. The van der Waals surface area contributed by atoms with Crippen molar-refractivity contribution < 1.29 is 0 Å². The molecule has 0 spiro atoms. The van der Waals surface area contributed by atoms with Gasteiger partial charge >= 0.3 is 0 Å². The van der Waals surface area contributed by atoms with E-state index < -0.39 is 0 Å². The van der Waals surface area contributed by atoms with Crippen LogP contribution in [0, 0.1) is 0 Å². The molecule has 0 fully saturated rings. The smallest absolute Gasteiger partial charge is 0.0554 e. The van der Waals surface area contributed by atoms with E-state index in [2.05, 4.69) is 163 Å². The maximum atomic E-state index is 2.50. The van der Waals surface area contributed by atoms with Gasteiger partial charge in [0.05, 0.1) is 5.69 Å². The Balaban J connectivity index is 1.40. The van der Waals surface area contributed by atoms with Crippen LogP contribution >= 0.6 is 11.3 Å². The number of hydrogen-bond donors (Lipinski definition) is 0. The summed E-state index contributed by atoms with van der Waals surface area (Å²) < 4.78 is 2.62. The van der Waals surface area contributed by atoms with Gasteiger partial charge in [0.1, 0.15) is 0 Å². The predicted molar refractivity (Wildman–Crippen MR) is 183 cm³/mol. The Morgan fingerprint density at radius 2 is 1.33 bits per heavy atom. The monoisotopic (exact) mass is 555 g/mol. The third kappa shape index (κ3) is 4.24. The molecular formula is C40H29NS. The van der Waals surface area contributed by atoms with Gasteiger partial charge in [0, 0.05) is 37.5 Å². The molecule has 0 bridgehead atoms.